The summed E-state index contributed by atoms with van der Waals surface area (Å²) in [6, 6.07) is 11.0. The van der Waals surface area contributed by atoms with Gasteiger partial charge in [0.1, 0.15) is 12.4 Å². The molecule has 2 aromatic rings. The summed E-state index contributed by atoms with van der Waals surface area (Å²) in [5.41, 5.74) is 3.42. The molecule has 29 heavy (non-hydrogen) atoms. The predicted octanol–water partition coefficient (Wildman–Crippen LogP) is 2.19. The Morgan fingerprint density at radius 1 is 1.24 bits per heavy atom. The largest absolute Gasteiger partial charge is 0.493 e. The van der Waals surface area contributed by atoms with Crippen LogP contribution in [0.15, 0.2) is 41.4 Å². The highest BCUT2D eigenvalue weighted by Gasteiger charge is 2.36. The standard InChI is InChI=1S/C22H22N2O5/c25-12-15-9-18-19(10-21(15)29-7-3-5-17(27)13-26)23-11-16-8-14-4-1-2-6-20(14)24(16)22(18)28/h1-2,4,6,9-11,16,25-26H,3,5,7-8,12-13H2. The first kappa shape index (κ1) is 19.3. The number of Topliss-reactive ketones (excluding diaryl/α,β-unsaturated/α-hetero) is 1. The zero-order chi connectivity index (χ0) is 20.4. The number of hydrogen-bond donors (Lipinski definition) is 2. The van der Waals surface area contributed by atoms with Crippen molar-refractivity contribution < 1.29 is 24.5 Å². The van der Waals surface area contributed by atoms with E-state index in [0.29, 0.717) is 35.4 Å². The van der Waals surface area contributed by atoms with Gasteiger partial charge >= 0.3 is 0 Å². The van der Waals surface area contributed by atoms with Crippen LogP contribution in [-0.4, -0.2) is 47.4 Å². The first-order valence-corrected chi connectivity index (χ1v) is 9.61. The second-order valence-electron chi connectivity index (χ2n) is 7.14. The molecule has 0 saturated heterocycles. The maximum Gasteiger partial charge on any atom is 0.261 e. The number of aliphatic hydroxyl groups excluding tert-OH is 2. The summed E-state index contributed by atoms with van der Waals surface area (Å²) in [4.78, 5) is 30.8. The lowest BCUT2D eigenvalue weighted by Crippen LogP contribution is -2.37. The van der Waals surface area contributed by atoms with Crippen LogP contribution in [0.4, 0.5) is 11.4 Å². The third kappa shape index (κ3) is 3.66. The van der Waals surface area contributed by atoms with E-state index in [4.69, 9.17) is 9.84 Å². The maximum absolute atomic E-state index is 13.3. The van der Waals surface area contributed by atoms with Crippen LogP contribution in [0.3, 0.4) is 0 Å². The fourth-order valence-corrected chi connectivity index (χ4v) is 3.77. The van der Waals surface area contributed by atoms with Gasteiger partial charge in [0.2, 0.25) is 0 Å². The fourth-order valence-electron chi connectivity index (χ4n) is 3.77. The van der Waals surface area contributed by atoms with Crippen molar-refractivity contribution in [3.05, 3.63) is 53.1 Å². The molecule has 0 fully saturated rings. The number of anilines is 1. The molecule has 1 amide bonds. The topological polar surface area (TPSA) is 99.4 Å². The molecule has 7 nitrogen and oxygen atoms in total. The van der Waals surface area contributed by atoms with Crippen molar-refractivity contribution in [1.29, 1.82) is 0 Å². The zero-order valence-electron chi connectivity index (χ0n) is 15.9. The molecule has 0 saturated carbocycles. The van der Waals surface area contributed by atoms with Gasteiger partial charge in [0.15, 0.2) is 5.78 Å². The Morgan fingerprint density at radius 3 is 2.86 bits per heavy atom. The number of rotatable bonds is 7. The number of nitrogens with zero attached hydrogens (tertiary/aromatic N) is 2. The van der Waals surface area contributed by atoms with Crippen molar-refractivity contribution in [1.82, 2.24) is 0 Å². The van der Waals surface area contributed by atoms with Crippen LogP contribution in [0, 0.1) is 0 Å². The third-order valence-electron chi connectivity index (χ3n) is 5.23. The molecule has 1 atom stereocenters. The third-order valence-corrected chi connectivity index (χ3v) is 5.23. The molecule has 2 heterocycles. The Kier molecular flexibility index (Phi) is 5.42. The van der Waals surface area contributed by atoms with Gasteiger partial charge < -0.3 is 14.9 Å². The van der Waals surface area contributed by atoms with Crippen LogP contribution >= 0.6 is 0 Å². The minimum absolute atomic E-state index is 0.140. The Hall–Kier alpha value is -3.03. The molecule has 7 heteroatoms. The minimum Gasteiger partial charge on any atom is -0.493 e. The number of carbonyl (C=O) groups is 2. The number of ketones is 1. The molecule has 1 unspecified atom stereocenters. The quantitative estimate of drug-likeness (QED) is 0.702. The lowest BCUT2D eigenvalue weighted by molar-refractivity contribution is -0.121. The first-order chi connectivity index (χ1) is 14.1. The van der Waals surface area contributed by atoms with Crippen LogP contribution in [-0.2, 0) is 17.8 Å². The number of fused-ring (bicyclic) bond motifs is 4. The Bertz CT molecular complexity index is 985. The summed E-state index contributed by atoms with van der Waals surface area (Å²) in [6.07, 6.45) is 3.18. The van der Waals surface area contributed by atoms with Gasteiger partial charge in [-0.3, -0.25) is 19.5 Å². The minimum atomic E-state index is -0.474. The van der Waals surface area contributed by atoms with Crippen molar-refractivity contribution in [2.75, 3.05) is 18.1 Å². The molecular weight excluding hydrogens is 372 g/mol. The number of ether oxygens (including phenoxy) is 1. The second-order valence-corrected chi connectivity index (χ2v) is 7.14. The molecule has 4 rings (SSSR count). The summed E-state index contributed by atoms with van der Waals surface area (Å²) < 4.78 is 5.72. The monoisotopic (exact) mass is 394 g/mol. The van der Waals surface area contributed by atoms with E-state index in [-0.39, 0.29) is 37.4 Å². The number of hydrogen-bond acceptors (Lipinski definition) is 6. The predicted molar refractivity (Wildman–Crippen MR) is 108 cm³/mol. The molecule has 0 radical (unpaired) electrons. The molecule has 2 aliphatic heterocycles. The van der Waals surface area contributed by atoms with Gasteiger partial charge in [0, 0.05) is 36.4 Å². The highest BCUT2D eigenvalue weighted by Crippen LogP contribution is 2.38. The molecule has 0 spiro atoms. The van der Waals surface area contributed by atoms with E-state index in [1.165, 1.54) is 0 Å². The number of aliphatic hydroxyl groups is 2. The van der Waals surface area contributed by atoms with Crippen molar-refractivity contribution in [3.63, 3.8) is 0 Å². The average molecular weight is 394 g/mol. The van der Waals surface area contributed by atoms with Crippen LogP contribution in [0.1, 0.15) is 34.3 Å². The molecular formula is C22H22N2O5. The van der Waals surface area contributed by atoms with Gasteiger partial charge in [-0.05, 0) is 24.1 Å². The molecule has 0 bridgehead atoms. The van der Waals surface area contributed by atoms with Crippen LogP contribution in [0.25, 0.3) is 0 Å². The molecule has 2 aliphatic rings. The summed E-state index contributed by atoms with van der Waals surface area (Å²) in [6.45, 7) is -0.495. The van der Waals surface area contributed by atoms with Gasteiger partial charge in [-0.2, -0.15) is 0 Å². The lowest BCUT2D eigenvalue weighted by Gasteiger charge is -2.22. The number of aliphatic imine (C=N–C) groups is 1. The summed E-state index contributed by atoms with van der Waals surface area (Å²) >= 11 is 0. The molecule has 0 aromatic heterocycles. The van der Waals surface area contributed by atoms with E-state index in [1.807, 2.05) is 24.3 Å². The SMILES string of the molecule is O=C(CO)CCCOc1cc2c(cc1CO)C(=O)N1c3ccccc3CC1C=N2. The van der Waals surface area contributed by atoms with E-state index in [1.54, 1.807) is 23.2 Å². The summed E-state index contributed by atoms with van der Waals surface area (Å²) in [5, 5.41) is 18.5. The number of para-hydroxylation sites is 1. The van der Waals surface area contributed by atoms with Crippen molar-refractivity contribution in [2.45, 2.75) is 31.9 Å². The molecule has 2 aromatic carbocycles. The first-order valence-electron chi connectivity index (χ1n) is 9.61. The Balaban J connectivity index is 1.60. The second kappa shape index (κ2) is 8.14. The Labute approximate surface area is 168 Å². The van der Waals surface area contributed by atoms with Crippen molar-refractivity contribution >= 4 is 29.3 Å². The number of amides is 1. The fraction of sp³-hybridized carbons (Fsp3) is 0.318. The van der Waals surface area contributed by atoms with E-state index in [9.17, 15) is 14.7 Å². The highest BCUT2D eigenvalue weighted by atomic mass is 16.5. The molecule has 150 valence electrons. The number of benzene rings is 2. The smallest absolute Gasteiger partial charge is 0.261 e. The van der Waals surface area contributed by atoms with E-state index < -0.39 is 6.61 Å². The molecule has 0 aliphatic carbocycles. The van der Waals surface area contributed by atoms with E-state index in [0.717, 1.165) is 11.3 Å². The van der Waals surface area contributed by atoms with Gasteiger partial charge in [-0.25, -0.2) is 0 Å². The lowest BCUT2D eigenvalue weighted by atomic mass is 10.1. The van der Waals surface area contributed by atoms with Crippen LogP contribution in [0.2, 0.25) is 0 Å². The molecule has 2 N–H and O–H groups in total. The summed E-state index contributed by atoms with van der Waals surface area (Å²) in [7, 11) is 0. The highest BCUT2D eigenvalue weighted by molar-refractivity contribution is 6.14. The number of carbonyl (C=O) groups excluding carboxylic acids is 2. The van der Waals surface area contributed by atoms with Gasteiger partial charge in [0.05, 0.1) is 30.5 Å². The normalized spacial score (nSPS) is 16.8. The Morgan fingerprint density at radius 2 is 2.07 bits per heavy atom. The average Bonchev–Trinajstić information content (AvgIpc) is 3.06. The van der Waals surface area contributed by atoms with Gasteiger partial charge in [-0.15, -0.1) is 0 Å². The zero-order valence-corrected chi connectivity index (χ0v) is 15.9. The maximum atomic E-state index is 13.3. The van der Waals surface area contributed by atoms with E-state index >= 15 is 0 Å². The van der Waals surface area contributed by atoms with E-state index in [2.05, 4.69) is 4.99 Å². The van der Waals surface area contributed by atoms with Crippen molar-refractivity contribution in [2.24, 2.45) is 4.99 Å². The van der Waals surface area contributed by atoms with Crippen molar-refractivity contribution in [3.8, 4) is 5.75 Å². The van der Waals surface area contributed by atoms with Crippen LogP contribution in [0.5, 0.6) is 5.75 Å². The van der Waals surface area contributed by atoms with Gasteiger partial charge in [0.25, 0.3) is 5.91 Å². The summed E-state index contributed by atoms with van der Waals surface area (Å²) in [5.74, 6) is 0.0475. The van der Waals surface area contributed by atoms with Gasteiger partial charge in [-0.1, -0.05) is 18.2 Å². The van der Waals surface area contributed by atoms with Crippen LogP contribution < -0.4 is 9.64 Å².